The van der Waals surface area contributed by atoms with Crippen LogP contribution in [0, 0.1) is 5.92 Å². The second-order valence-corrected chi connectivity index (χ2v) is 13.7. The first-order valence-electron chi connectivity index (χ1n) is 16.8. The van der Waals surface area contributed by atoms with Crippen LogP contribution in [-0.2, 0) is 28.7 Å². The monoisotopic (exact) mass is 689 g/mol. The second-order valence-electron chi connectivity index (χ2n) is 13.3. The Morgan fingerprint density at radius 3 is 2.31 bits per heavy atom. The third kappa shape index (κ3) is 7.68. The summed E-state index contributed by atoms with van der Waals surface area (Å²) in [6.07, 6.45) is -1.66. The normalized spacial score (nSPS) is 20.8. The molecule has 6 rings (SSSR count). The van der Waals surface area contributed by atoms with E-state index < -0.39 is 23.3 Å². The van der Waals surface area contributed by atoms with Gasteiger partial charge < -0.3 is 31.1 Å². The maximum absolute atomic E-state index is 14.0. The third-order valence-corrected chi connectivity index (χ3v) is 10.6. The fourth-order valence-electron chi connectivity index (χ4n) is 7.58. The number of nitrogens with zero attached hydrogens (tertiary/aromatic N) is 4. The predicted molar refractivity (Wildman–Crippen MR) is 177 cm³/mol. The molecule has 3 saturated heterocycles. The highest BCUT2D eigenvalue weighted by atomic mass is 35.5. The highest BCUT2D eigenvalue weighted by Gasteiger charge is 2.38. The fraction of sp³-hybridized carbons (Fsp3) is 0.559. The molecular formula is C34H43ClF3N7O3. The number of nitrogens with two attached hydrogens (primary N) is 1. The van der Waals surface area contributed by atoms with Crippen LogP contribution in [0.3, 0.4) is 0 Å². The molecule has 2 aromatic carbocycles. The van der Waals surface area contributed by atoms with E-state index in [0.29, 0.717) is 64.7 Å². The lowest BCUT2D eigenvalue weighted by molar-refractivity contribution is -0.143. The zero-order valence-electron chi connectivity index (χ0n) is 26.9. The summed E-state index contributed by atoms with van der Waals surface area (Å²) in [6, 6.07) is 10.2. The molecule has 4 N–H and O–H groups in total. The van der Waals surface area contributed by atoms with Crippen LogP contribution in [0.1, 0.15) is 48.8 Å². The van der Waals surface area contributed by atoms with Crippen molar-refractivity contribution in [2.75, 3.05) is 63.4 Å². The lowest BCUT2D eigenvalue weighted by Crippen LogP contribution is -2.55. The zero-order chi connectivity index (χ0) is 34.0. The number of alkyl halides is 3. The van der Waals surface area contributed by atoms with E-state index in [-0.39, 0.29) is 47.3 Å². The van der Waals surface area contributed by atoms with Crippen molar-refractivity contribution in [3.8, 4) is 0 Å². The number of hydrogen-bond acceptors (Lipinski definition) is 6. The van der Waals surface area contributed by atoms with E-state index in [1.165, 1.54) is 6.07 Å². The van der Waals surface area contributed by atoms with Crippen molar-refractivity contribution in [2.45, 2.75) is 63.3 Å². The van der Waals surface area contributed by atoms with Crippen molar-refractivity contribution in [3.63, 3.8) is 0 Å². The van der Waals surface area contributed by atoms with E-state index in [0.717, 1.165) is 43.2 Å². The van der Waals surface area contributed by atoms with E-state index in [1.807, 2.05) is 29.2 Å². The quantitative estimate of drug-likeness (QED) is 0.371. The molecule has 0 bridgehead atoms. The Morgan fingerprint density at radius 2 is 1.62 bits per heavy atom. The smallest absolute Gasteiger partial charge is 0.397 e. The van der Waals surface area contributed by atoms with Crippen LogP contribution < -0.4 is 16.4 Å². The van der Waals surface area contributed by atoms with Crippen molar-refractivity contribution in [3.05, 3.63) is 58.1 Å². The molecule has 0 aromatic heterocycles. The first kappa shape index (κ1) is 34.3. The second kappa shape index (κ2) is 14.5. The molecule has 0 saturated carbocycles. The first-order chi connectivity index (χ1) is 23.0. The van der Waals surface area contributed by atoms with E-state index in [9.17, 15) is 27.6 Å². The van der Waals surface area contributed by atoms with Gasteiger partial charge in [0.25, 0.3) is 0 Å². The number of benzene rings is 2. The molecule has 4 aliphatic rings. The van der Waals surface area contributed by atoms with Crippen molar-refractivity contribution in [1.82, 2.24) is 24.9 Å². The summed E-state index contributed by atoms with van der Waals surface area (Å²) in [5.74, 6) is -1.34. The van der Waals surface area contributed by atoms with Crippen molar-refractivity contribution < 1.29 is 27.6 Å². The third-order valence-electron chi connectivity index (χ3n) is 10.3. The Balaban J connectivity index is 1.13. The van der Waals surface area contributed by atoms with Gasteiger partial charge in [0.2, 0.25) is 11.8 Å². The van der Waals surface area contributed by atoms with Crippen LogP contribution in [0.4, 0.5) is 29.3 Å². The molecule has 4 heterocycles. The molecule has 0 unspecified atom stereocenters. The zero-order valence-corrected chi connectivity index (χ0v) is 27.7. The number of rotatable bonds is 7. The lowest BCUT2D eigenvalue weighted by atomic mass is 9.91. The van der Waals surface area contributed by atoms with Crippen LogP contribution in [0.15, 0.2) is 36.4 Å². The number of para-hydroxylation sites is 1. The minimum Gasteiger partial charge on any atom is -0.397 e. The maximum atomic E-state index is 14.0. The molecule has 0 spiro atoms. The molecular weight excluding hydrogens is 647 g/mol. The van der Waals surface area contributed by atoms with Gasteiger partial charge in [0, 0.05) is 70.0 Å². The average molecular weight is 690 g/mol. The number of fused-ring (bicyclic) bond motifs is 1. The maximum Gasteiger partial charge on any atom is 0.418 e. The van der Waals surface area contributed by atoms with Gasteiger partial charge in [-0.1, -0.05) is 29.8 Å². The minimum atomic E-state index is -4.72. The van der Waals surface area contributed by atoms with E-state index >= 15 is 0 Å². The number of piperidine rings is 2. The average Bonchev–Trinajstić information content (AvgIpc) is 3.09. The standard InChI is InChI=1S/C34H43ClF3N7O3/c35-28-19-22(18-27(31(28)39)34(36,37)38)17-24(32(47)44-15-13-42(14-16-44)25-5-9-40-10-6-25)20-30(46)43-11-7-26(8-12-43)45-21-23-3-1-2-4-29(23)41-33(45)48/h1-4,18-19,24-26,40H,5-17,20-21,39H2,(H,41,48)/t24-/m0/s1. The van der Waals surface area contributed by atoms with Gasteiger partial charge in [0.15, 0.2) is 0 Å². The van der Waals surface area contributed by atoms with Gasteiger partial charge in [-0.15, -0.1) is 0 Å². The number of nitrogen functional groups attached to an aromatic ring is 1. The number of amides is 4. The molecule has 4 aliphatic heterocycles. The Bertz CT molecular complexity index is 1500. The number of carbonyl (C=O) groups is 3. The van der Waals surface area contributed by atoms with Gasteiger partial charge in [-0.2, -0.15) is 13.2 Å². The number of hydrogen-bond donors (Lipinski definition) is 3. The van der Waals surface area contributed by atoms with Gasteiger partial charge in [-0.25, -0.2) is 4.79 Å². The summed E-state index contributed by atoms with van der Waals surface area (Å²) < 4.78 is 41.4. The Morgan fingerprint density at radius 1 is 0.938 bits per heavy atom. The molecule has 4 amide bonds. The van der Waals surface area contributed by atoms with Gasteiger partial charge in [0.05, 0.1) is 22.2 Å². The highest BCUT2D eigenvalue weighted by molar-refractivity contribution is 6.33. The predicted octanol–water partition coefficient (Wildman–Crippen LogP) is 4.42. The summed E-state index contributed by atoms with van der Waals surface area (Å²) in [7, 11) is 0. The van der Waals surface area contributed by atoms with Gasteiger partial charge in [0.1, 0.15) is 0 Å². The molecule has 0 radical (unpaired) electrons. The summed E-state index contributed by atoms with van der Waals surface area (Å²) in [5.41, 5.74) is 6.10. The van der Waals surface area contributed by atoms with Crippen molar-refractivity contribution >= 4 is 40.8 Å². The highest BCUT2D eigenvalue weighted by Crippen LogP contribution is 2.38. The number of likely N-dealkylation sites (tertiary alicyclic amines) is 1. The van der Waals surface area contributed by atoms with Crippen LogP contribution >= 0.6 is 11.6 Å². The molecule has 48 heavy (non-hydrogen) atoms. The SMILES string of the molecule is Nc1c(Cl)cc(C[C@@H](CC(=O)N2CCC(N3Cc4ccccc4NC3=O)CC2)C(=O)N2CCN(C3CCNCC3)CC2)cc1C(F)(F)F. The molecule has 0 aliphatic carbocycles. The van der Waals surface area contributed by atoms with Crippen LogP contribution in [-0.4, -0.2) is 102 Å². The Labute approximate surface area is 283 Å². The molecule has 1 atom stereocenters. The van der Waals surface area contributed by atoms with Crippen LogP contribution in [0.2, 0.25) is 5.02 Å². The van der Waals surface area contributed by atoms with E-state index in [1.54, 1.807) is 9.80 Å². The summed E-state index contributed by atoms with van der Waals surface area (Å²) in [4.78, 5) is 48.3. The number of carbonyl (C=O) groups excluding carboxylic acids is 3. The lowest BCUT2D eigenvalue weighted by Gasteiger charge is -2.42. The summed E-state index contributed by atoms with van der Waals surface area (Å²) in [6.45, 7) is 5.67. The van der Waals surface area contributed by atoms with Crippen molar-refractivity contribution in [2.24, 2.45) is 5.92 Å². The van der Waals surface area contributed by atoms with E-state index in [4.69, 9.17) is 17.3 Å². The molecule has 260 valence electrons. The molecule has 10 nitrogen and oxygen atoms in total. The molecule has 2 aromatic rings. The van der Waals surface area contributed by atoms with Gasteiger partial charge in [-0.05, 0) is 74.5 Å². The van der Waals surface area contributed by atoms with Crippen LogP contribution in [0.5, 0.6) is 0 Å². The Hall–Kier alpha value is -3.55. The summed E-state index contributed by atoms with van der Waals surface area (Å²) in [5, 5.41) is 6.08. The largest absolute Gasteiger partial charge is 0.418 e. The van der Waals surface area contributed by atoms with Crippen LogP contribution in [0.25, 0.3) is 0 Å². The molecule has 3 fully saturated rings. The molecule has 14 heteroatoms. The number of urea groups is 1. The number of halogens is 4. The topological polar surface area (TPSA) is 114 Å². The van der Waals surface area contributed by atoms with E-state index in [2.05, 4.69) is 15.5 Å². The minimum absolute atomic E-state index is 0.0474. The number of anilines is 2. The number of nitrogens with one attached hydrogen (secondary N) is 2. The Kier molecular flexibility index (Phi) is 10.4. The fourth-order valence-corrected chi connectivity index (χ4v) is 7.82. The summed E-state index contributed by atoms with van der Waals surface area (Å²) >= 11 is 6.13. The van der Waals surface area contributed by atoms with Gasteiger partial charge >= 0.3 is 12.2 Å². The first-order valence-corrected chi connectivity index (χ1v) is 17.2. The van der Waals surface area contributed by atoms with Gasteiger partial charge in [-0.3, -0.25) is 14.5 Å². The number of piperazine rings is 1. The van der Waals surface area contributed by atoms with Crippen molar-refractivity contribution in [1.29, 1.82) is 0 Å².